The predicted octanol–water partition coefficient (Wildman–Crippen LogP) is 2.84. The Balaban J connectivity index is 3.39. The molecule has 9 heteroatoms. The number of halogens is 5. The summed E-state index contributed by atoms with van der Waals surface area (Å²) in [5, 5.41) is 0. The van der Waals surface area contributed by atoms with Gasteiger partial charge in [-0.3, -0.25) is 0 Å². The number of esters is 1. The molecule has 0 saturated heterocycles. The van der Waals surface area contributed by atoms with Gasteiger partial charge in [-0.25, -0.2) is 14.2 Å². The molecular formula is C9H6F4INO3. The zero-order valence-corrected chi connectivity index (χ0v) is 11.0. The number of methoxy groups -OCH3 is 1. The van der Waals surface area contributed by atoms with Gasteiger partial charge in [0, 0.05) is 15.3 Å². The van der Waals surface area contributed by atoms with Crippen LogP contribution in [0.15, 0.2) is 6.20 Å². The molecule has 1 heterocycles. The molecule has 0 aliphatic heterocycles. The maximum Gasteiger partial charge on any atom is 0.573 e. The van der Waals surface area contributed by atoms with Gasteiger partial charge in [0.25, 0.3) is 0 Å². The first kappa shape index (κ1) is 14.9. The van der Waals surface area contributed by atoms with Crippen LogP contribution in [-0.4, -0.2) is 24.4 Å². The number of pyridine rings is 1. The van der Waals surface area contributed by atoms with Crippen LogP contribution in [0.2, 0.25) is 0 Å². The van der Waals surface area contributed by atoms with Crippen molar-refractivity contribution in [3.05, 3.63) is 21.0 Å². The summed E-state index contributed by atoms with van der Waals surface area (Å²) < 4.78 is 57.4. The Kier molecular flexibility index (Phi) is 4.71. The highest BCUT2D eigenvalue weighted by Crippen LogP contribution is 2.32. The molecule has 0 aliphatic rings. The zero-order valence-electron chi connectivity index (χ0n) is 8.85. The maximum absolute atomic E-state index is 12.7. The van der Waals surface area contributed by atoms with Crippen molar-refractivity contribution < 1.29 is 31.8 Å². The SMILES string of the molecule is COC(=O)c1ncc(I)c(CF)c1OC(F)(F)F. The predicted molar refractivity (Wildman–Crippen MR) is 59.8 cm³/mol. The summed E-state index contributed by atoms with van der Waals surface area (Å²) in [5.41, 5.74) is -1.12. The van der Waals surface area contributed by atoms with Crippen LogP contribution in [0, 0.1) is 3.57 Å². The van der Waals surface area contributed by atoms with Crippen LogP contribution in [-0.2, 0) is 11.4 Å². The Morgan fingerprint density at radius 2 is 2.11 bits per heavy atom. The topological polar surface area (TPSA) is 48.4 Å². The van der Waals surface area contributed by atoms with Crippen molar-refractivity contribution in [2.24, 2.45) is 0 Å². The minimum atomic E-state index is -5.06. The van der Waals surface area contributed by atoms with Crippen LogP contribution in [0.25, 0.3) is 0 Å². The molecule has 0 radical (unpaired) electrons. The summed E-state index contributed by atoms with van der Waals surface area (Å²) in [6, 6.07) is 0. The molecular weight excluding hydrogens is 373 g/mol. The fourth-order valence-electron chi connectivity index (χ4n) is 1.10. The highest BCUT2D eigenvalue weighted by molar-refractivity contribution is 14.1. The smallest absolute Gasteiger partial charge is 0.464 e. The van der Waals surface area contributed by atoms with Crippen molar-refractivity contribution in [2.75, 3.05) is 7.11 Å². The molecule has 0 saturated carbocycles. The van der Waals surface area contributed by atoms with Crippen LogP contribution in [0.5, 0.6) is 5.75 Å². The molecule has 18 heavy (non-hydrogen) atoms. The molecule has 1 rings (SSSR count). The summed E-state index contributed by atoms with van der Waals surface area (Å²) in [4.78, 5) is 14.7. The molecule has 0 bridgehead atoms. The van der Waals surface area contributed by atoms with Crippen LogP contribution >= 0.6 is 22.6 Å². The molecule has 100 valence electrons. The van der Waals surface area contributed by atoms with Crippen molar-refractivity contribution in [3.63, 3.8) is 0 Å². The van der Waals surface area contributed by atoms with E-state index in [0.29, 0.717) is 0 Å². The van der Waals surface area contributed by atoms with E-state index in [0.717, 1.165) is 13.3 Å². The molecule has 4 nitrogen and oxygen atoms in total. The van der Waals surface area contributed by atoms with E-state index in [4.69, 9.17) is 0 Å². The number of hydrogen-bond donors (Lipinski definition) is 0. The van der Waals surface area contributed by atoms with Gasteiger partial charge in [0.1, 0.15) is 6.67 Å². The lowest BCUT2D eigenvalue weighted by Gasteiger charge is -2.15. The lowest BCUT2D eigenvalue weighted by molar-refractivity contribution is -0.275. The average molecular weight is 379 g/mol. The van der Waals surface area contributed by atoms with E-state index in [1.54, 1.807) is 22.6 Å². The number of carbonyl (C=O) groups excluding carboxylic acids is 1. The third-order valence-corrected chi connectivity index (χ3v) is 2.74. The molecule has 0 aliphatic carbocycles. The fraction of sp³-hybridized carbons (Fsp3) is 0.333. The van der Waals surface area contributed by atoms with E-state index in [-0.39, 0.29) is 3.57 Å². The summed E-state index contributed by atoms with van der Waals surface area (Å²) in [5.74, 6) is -2.11. The van der Waals surface area contributed by atoms with Crippen molar-refractivity contribution in [1.82, 2.24) is 4.98 Å². The number of nitrogens with zero attached hydrogens (tertiary/aromatic N) is 1. The number of carbonyl (C=O) groups is 1. The van der Waals surface area contributed by atoms with Gasteiger partial charge in [-0.2, -0.15) is 0 Å². The van der Waals surface area contributed by atoms with Gasteiger partial charge >= 0.3 is 12.3 Å². The minimum Gasteiger partial charge on any atom is -0.464 e. The van der Waals surface area contributed by atoms with Crippen molar-refractivity contribution in [1.29, 1.82) is 0 Å². The summed E-state index contributed by atoms with van der Waals surface area (Å²) >= 11 is 1.59. The Hall–Kier alpha value is -1.13. The number of aromatic nitrogens is 1. The lowest BCUT2D eigenvalue weighted by Crippen LogP contribution is -2.21. The maximum atomic E-state index is 12.7. The molecule has 1 aromatic rings. The average Bonchev–Trinajstić information content (AvgIpc) is 2.26. The van der Waals surface area contributed by atoms with E-state index >= 15 is 0 Å². The molecule has 0 atom stereocenters. The van der Waals surface area contributed by atoms with Crippen LogP contribution < -0.4 is 4.74 Å². The largest absolute Gasteiger partial charge is 0.573 e. The van der Waals surface area contributed by atoms with Gasteiger partial charge < -0.3 is 9.47 Å². The normalized spacial score (nSPS) is 11.2. The van der Waals surface area contributed by atoms with Crippen molar-refractivity contribution in [2.45, 2.75) is 13.0 Å². The fourth-order valence-corrected chi connectivity index (χ4v) is 1.63. The van der Waals surface area contributed by atoms with Gasteiger partial charge in [0.15, 0.2) is 11.4 Å². The Labute approximate surface area is 112 Å². The summed E-state index contributed by atoms with van der Waals surface area (Å²) in [6.07, 6.45) is -4.00. The number of alkyl halides is 4. The third-order valence-electron chi connectivity index (χ3n) is 1.81. The van der Waals surface area contributed by atoms with Gasteiger partial charge in [0.2, 0.25) is 0 Å². The zero-order chi connectivity index (χ0) is 13.9. The first-order valence-electron chi connectivity index (χ1n) is 4.37. The van der Waals surface area contributed by atoms with E-state index in [1.807, 2.05) is 0 Å². The molecule has 0 spiro atoms. The van der Waals surface area contributed by atoms with E-state index in [1.165, 1.54) is 0 Å². The van der Waals surface area contributed by atoms with Gasteiger partial charge in [0.05, 0.1) is 7.11 Å². The molecule has 0 amide bonds. The number of ether oxygens (including phenoxy) is 2. The van der Waals surface area contributed by atoms with Gasteiger partial charge in [-0.1, -0.05) is 0 Å². The van der Waals surface area contributed by atoms with Gasteiger partial charge in [-0.05, 0) is 22.6 Å². The highest BCUT2D eigenvalue weighted by atomic mass is 127. The van der Waals surface area contributed by atoms with Crippen LogP contribution in [0.4, 0.5) is 17.6 Å². The molecule has 0 fully saturated rings. The highest BCUT2D eigenvalue weighted by Gasteiger charge is 2.35. The van der Waals surface area contributed by atoms with E-state index in [2.05, 4.69) is 14.5 Å². The summed E-state index contributed by atoms with van der Waals surface area (Å²) in [6.45, 7) is -1.23. The van der Waals surface area contributed by atoms with E-state index in [9.17, 15) is 22.4 Å². The van der Waals surface area contributed by atoms with Gasteiger partial charge in [-0.15, -0.1) is 13.2 Å². The monoisotopic (exact) mass is 379 g/mol. The number of hydrogen-bond acceptors (Lipinski definition) is 4. The summed E-state index contributed by atoms with van der Waals surface area (Å²) in [7, 11) is 0.967. The van der Waals surface area contributed by atoms with Crippen molar-refractivity contribution in [3.8, 4) is 5.75 Å². The van der Waals surface area contributed by atoms with Crippen molar-refractivity contribution >= 4 is 28.6 Å². The molecule has 0 N–H and O–H groups in total. The first-order chi connectivity index (χ1) is 8.30. The second-order valence-electron chi connectivity index (χ2n) is 2.94. The Bertz CT molecular complexity index is 464. The third kappa shape index (κ3) is 3.43. The van der Waals surface area contributed by atoms with Crippen LogP contribution in [0.1, 0.15) is 16.1 Å². The molecule has 0 unspecified atom stereocenters. The Morgan fingerprint density at radius 3 is 2.56 bits per heavy atom. The van der Waals surface area contributed by atoms with E-state index < -0.39 is 36.0 Å². The van der Waals surface area contributed by atoms with Crippen LogP contribution in [0.3, 0.4) is 0 Å². The quantitative estimate of drug-likeness (QED) is 0.461. The second kappa shape index (κ2) is 5.67. The number of rotatable bonds is 3. The second-order valence-corrected chi connectivity index (χ2v) is 4.10. The molecule has 1 aromatic heterocycles. The first-order valence-corrected chi connectivity index (χ1v) is 5.45. The molecule has 0 aromatic carbocycles. The Morgan fingerprint density at radius 1 is 1.50 bits per heavy atom. The standard InChI is InChI=1S/C9H6F4INO3/c1-17-8(16)6-7(18-9(11,12)13)4(2-10)5(14)3-15-6/h3H,2H2,1H3. The lowest BCUT2D eigenvalue weighted by atomic mass is 10.2. The minimum absolute atomic E-state index is 0.113.